The topological polar surface area (TPSA) is 124 Å². The summed E-state index contributed by atoms with van der Waals surface area (Å²) in [6.45, 7) is 3.93. The summed E-state index contributed by atoms with van der Waals surface area (Å²) in [7, 11) is 1.21. The molecule has 19 heavy (non-hydrogen) atoms. The molecule has 0 bridgehead atoms. The van der Waals surface area contributed by atoms with Crippen LogP contribution in [0.15, 0.2) is 5.28 Å². The molecule has 0 saturated carbocycles. The monoisotopic (exact) mass is 279 g/mol. The summed E-state index contributed by atoms with van der Waals surface area (Å²) in [4.78, 5) is 25.8. The van der Waals surface area contributed by atoms with E-state index < -0.39 is 25.0 Å². The Hall–Kier alpha value is -2.26. The van der Waals surface area contributed by atoms with Gasteiger partial charge in [-0.05, 0) is 20.8 Å². The second kappa shape index (κ2) is 7.95. The van der Waals surface area contributed by atoms with Gasteiger partial charge in [-0.25, -0.2) is 9.59 Å². The molecule has 0 amide bonds. The van der Waals surface area contributed by atoms with E-state index in [1.165, 1.54) is 14.0 Å². The fraction of sp³-hybridized carbons (Fsp3) is 0.778. The van der Waals surface area contributed by atoms with Crippen molar-refractivity contribution in [1.29, 1.82) is 0 Å². The van der Waals surface area contributed by atoms with E-state index >= 15 is 0 Å². The number of hydrogen-bond donors (Lipinski definition) is 1. The normalized spacial score (nSPS) is 12.8. The van der Waals surface area contributed by atoms with Crippen molar-refractivity contribution in [2.45, 2.75) is 32.9 Å². The van der Waals surface area contributed by atoms with Gasteiger partial charge in [0.15, 0.2) is 6.04 Å². The van der Waals surface area contributed by atoms with E-state index in [1.807, 2.05) is 0 Å². The van der Waals surface area contributed by atoms with E-state index in [9.17, 15) is 14.8 Å². The molecule has 0 aromatic rings. The molecule has 0 saturated heterocycles. The smallest absolute Gasteiger partial charge is 0.511 e. The number of ether oxygens (including phenoxy) is 2. The van der Waals surface area contributed by atoms with Crippen molar-refractivity contribution in [2.75, 3.05) is 13.8 Å². The lowest BCUT2D eigenvalue weighted by atomic mass is 10.3. The van der Waals surface area contributed by atoms with Crippen molar-refractivity contribution in [3.05, 3.63) is 5.21 Å². The lowest BCUT2D eigenvalue weighted by Crippen LogP contribution is -2.40. The van der Waals surface area contributed by atoms with Crippen molar-refractivity contribution in [3.63, 3.8) is 0 Å². The average molecular weight is 279 g/mol. The Labute approximate surface area is 109 Å². The second-order valence-electron chi connectivity index (χ2n) is 3.73. The SMILES string of the molecule is CC(C)OC(=O)OCO/N=[N+](\[O-])N(C)[C@@H](C)C(=O)O. The van der Waals surface area contributed by atoms with E-state index in [0.717, 1.165) is 5.01 Å². The number of carboxylic acid groups (broad SMARTS) is 1. The molecule has 0 aromatic heterocycles. The van der Waals surface area contributed by atoms with Crippen LogP contribution in [0, 0.1) is 5.21 Å². The Bertz CT molecular complexity index is 345. The van der Waals surface area contributed by atoms with Crippen LogP contribution in [0.5, 0.6) is 0 Å². The zero-order valence-corrected chi connectivity index (χ0v) is 11.1. The number of aliphatic carboxylic acids is 1. The lowest BCUT2D eigenvalue weighted by molar-refractivity contribution is -0.710. The molecule has 0 heterocycles. The Morgan fingerprint density at radius 2 is 2.00 bits per heavy atom. The summed E-state index contributed by atoms with van der Waals surface area (Å²) < 4.78 is 9.03. The van der Waals surface area contributed by atoms with Gasteiger partial charge in [-0.2, -0.15) is 0 Å². The van der Waals surface area contributed by atoms with Crippen LogP contribution in [0.4, 0.5) is 4.79 Å². The van der Waals surface area contributed by atoms with E-state index in [1.54, 1.807) is 13.8 Å². The van der Waals surface area contributed by atoms with Gasteiger partial charge >= 0.3 is 12.1 Å². The van der Waals surface area contributed by atoms with Gasteiger partial charge in [0.25, 0.3) is 6.79 Å². The Balaban J connectivity index is 4.06. The van der Waals surface area contributed by atoms with Crippen LogP contribution >= 0.6 is 0 Å². The Morgan fingerprint density at radius 1 is 1.42 bits per heavy atom. The number of hydrazine groups is 1. The first-order chi connectivity index (χ1) is 8.75. The highest BCUT2D eigenvalue weighted by Gasteiger charge is 2.23. The zero-order valence-electron chi connectivity index (χ0n) is 11.1. The van der Waals surface area contributed by atoms with E-state index in [2.05, 4.69) is 19.6 Å². The zero-order chi connectivity index (χ0) is 15.0. The summed E-state index contributed by atoms with van der Waals surface area (Å²) in [6.07, 6.45) is -1.31. The van der Waals surface area contributed by atoms with Gasteiger partial charge in [-0.3, -0.25) is 0 Å². The molecular formula is C9H17N3O7. The molecule has 0 aliphatic heterocycles. The molecule has 1 N–H and O–H groups in total. The number of carboxylic acids is 1. The summed E-state index contributed by atoms with van der Waals surface area (Å²) in [5.41, 5.74) is 0. The third kappa shape index (κ3) is 6.91. The minimum atomic E-state index is -1.20. The molecule has 0 unspecified atom stereocenters. The van der Waals surface area contributed by atoms with Crippen molar-refractivity contribution in [2.24, 2.45) is 5.28 Å². The Kier molecular flexibility index (Phi) is 7.00. The maximum Gasteiger partial charge on any atom is 0.511 e. The third-order valence-electron chi connectivity index (χ3n) is 1.88. The van der Waals surface area contributed by atoms with Crippen LogP contribution in [0.2, 0.25) is 0 Å². The van der Waals surface area contributed by atoms with Gasteiger partial charge in [0.05, 0.1) is 18.1 Å². The van der Waals surface area contributed by atoms with Crippen LogP contribution in [0.3, 0.4) is 0 Å². The third-order valence-corrected chi connectivity index (χ3v) is 1.88. The van der Waals surface area contributed by atoms with Crippen molar-refractivity contribution < 1.29 is 34.0 Å². The maximum absolute atomic E-state index is 11.2. The van der Waals surface area contributed by atoms with E-state index in [-0.39, 0.29) is 11.1 Å². The standard InChI is InChI=1S/C9H17N3O7/c1-6(2)19-9(15)17-5-18-10-12(16)11(4)7(3)8(13)14/h6-7H,5H2,1-4H3,(H,13,14)/b12-10-/t7-/m0/s1. The predicted molar refractivity (Wildman–Crippen MR) is 59.6 cm³/mol. The minimum Gasteiger partial charge on any atom is -0.569 e. The van der Waals surface area contributed by atoms with Crippen molar-refractivity contribution in [3.8, 4) is 0 Å². The molecule has 0 fully saturated rings. The first kappa shape index (κ1) is 16.7. The lowest BCUT2D eigenvalue weighted by Gasteiger charge is -2.16. The van der Waals surface area contributed by atoms with Crippen molar-refractivity contribution in [1.82, 2.24) is 5.01 Å². The highest BCUT2D eigenvalue weighted by Crippen LogP contribution is 1.98. The predicted octanol–water partition coefficient (Wildman–Crippen LogP) is 0.720. The quantitative estimate of drug-likeness (QED) is 0.180. The number of hydrogen-bond acceptors (Lipinski definition) is 7. The molecule has 0 aliphatic carbocycles. The van der Waals surface area contributed by atoms with Crippen LogP contribution in [-0.2, 0) is 19.1 Å². The van der Waals surface area contributed by atoms with Gasteiger partial charge in [-0.1, -0.05) is 0 Å². The highest BCUT2D eigenvalue weighted by atomic mass is 16.8. The minimum absolute atomic E-state index is 0.0735. The van der Waals surface area contributed by atoms with Gasteiger partial charge < -0.3 is 24.6 Å². The maximum atomic E-state index is 11.2. The number of rotatable bonds is 7. The fourth-order valence-electron chi connectivity index (χ4n) is 0.739. The summed E-state index contributed by atoms with van der Waals surface area (Å²) >= 11 is 0. The first-order valence-corrected chi connectivity index (χ1v) is 5.34. The first-order valence-electron chi connectivity index (χ1n) is 5.34. The number of likely N-dealkylation sites (N-methyl/N-ethyl adjacent to an activating group) is 1. The number of nitrogens with zero attached hydrogens (tertiary/aromatic N) is 3. The molecule has 10 nitrogen and oxygen atoms in total. The van der Waals surface area contributed by atoms with Gasteiger partial charge in [0.2, 0.25) is 5.28 Å². The highest BCUT2D eigenvalue weighted by molar-refractivity contribution is 5.72. The molecule has 110 valence electrons. The van der Waals surface area contributed by atoms with Gasteiger partial charge in [-0.15, -0.1) is 5.01 Å². The number of carbonyl (C=O) groups excluding carboxylic acids is 1. The van der Waals surface area contributed by atoms with Crippen molar-refractivity contribution >= 4 is 12.1 Å². The molecule has 0 spiro atoms. The fourth-order valence-corrected chi connectivity index (χ4v) is 0.739. The second-order valence-corrected chi connectivity index (χ2v) is 3.73. The van der Waals surface area contributed by atoms with Crippen LogP contribution < -0.4 is 0 Å². The van der Waals surface area contributed by atoms with Gasteiger partial charge in [0.1, 0.15) is 0 Å². The molecule has 0 aliphatic rings. The largest absolute Gasteiger partial charge is 0.569 e. The van der Waals surface area contributed by atoms with E-state index in [0.29, 0.717) is 0 Å². The molecular weight excluding hydrogens is 262 g/mol. The number of carbonyl (C=O) groups is 2. The van der Waals surface area contributed by atoms with E-state index in [4.69, 9.17) is 5.11 Å². The van der Waals surface area contributed by atoms with Crippen LogP contribution in [0.1, 0.15) is 20.8 Å². The van der Waals surface area contributed by atoms with Gasteiger partial charge in [0, 0.05) is 0 Å². The molecule has 0 rings (SSSR count). The Morgan fingerprint density at radius 3 is 2.47 bits per heavy atom. The van der Waals surface area contributed by atoms with Crippen LogP contribution in [-0.4, -0.2) is 53.2 Å². The summed E-state index contributed by atoms with van der Waals surface area (Å²) in [6, 6.07) is -1.09. The summed E-state index contributed by atoms with van der Waals surface area (Å²) in [5.74, 6) is -1.20. The average Bonchev–Trinajstić information content (AvgIpc) is 2.31. The molecule has 0 aromatic carbocycles. The molecule has 1 atom stereocenters. The van der Waals surface area contributed by atoms with Crippen LogP contribution in [0.25, 0.3) is 0 Å². The summed E-state index contributed by atoms with van der Waals surface area (Å²) in [5, 5.41) is 23.6. The molecule has 10 heteroatoms. The molecule has 0 radical (unpaired) electrons.